The van der Waals surface area contributed by atoms with Gasteiger partial charge in [0.15, 0.2) is 0 Å². The van der Waals surface area contributed by atoms with Crippen molar-refractivity contribution in [3.8, 4) is 0 Å². The first kappa shape index (κ1) is 9.33. The highest BCUT2D eigenvalue weighted by Gasteiger charge is 2.34. The molecule has 1 aliphatic carbocycles. The zero-order chi connectivity index (χ0) is 9.30. The van der Waals surface area contributed by atoms with Gasteiger partial charge in [0.05, 0.1) is 0 Å². The summed E-state index contributed by atoms with van der Waals surface area (Å²) in [6.07, 6.45) is 1.10. The van der Waals surface area contributed by atoms with E-state index in [0.717, 1.165) is 0 Å². The van der Waals surface area contributed by atoms with E-state index in [-0.39, 0.29) is 11.8 Å². The maximum absolute atomic E-state index is 13.2. The average molecular weight is 169 g/mol. The Kier molecular flexibility index (Phi) is 2.58. The normalized spacial score (nSPS) is 41.2. The maximum atomic E-state index is 13.2. The molecule has 1 aliphatic rings. The zero-order valence-corrected chi connectivity index (χ0v) is 7.20. The summed E-state index contributed by atoms with van der Waals surface area (Å²) in [5, 5.41) is 9.14. The predicted octanol–water partition coefficient (Wildman–Crippen LogP) is 1.90. The van der Waals surface area contributed by atoms with Crippen LogP contribution in [0.3, 0.4) is 0 Å². The Balaban J connectivity index is 2.81. The van der Waals surface area contributed by atoms with Crippen LogP contribution >= 0.6 is 0 Å². The Hall–Kier alpha value is -0.760. The molecule has 0 heterocycles. The number of aliphatic hydroxyl groups excluding tert-OH is 1. The number of hydrogen-bond donors (Lipinski definition) is 1. The largest absolute Gasteiger partial charge is 0.386 e. The molecule has 0 spiro atoms. The molecule has 1 N–H and O–H groups in total. The molecule has 0 saturated heterocycles. The molecule has 0 fully saturated rings. The molecule has 2 heteroatoms. The van der Waals surface area contributed by atoms with E-state index in [2.05, 4.69) is 13.5 Å². The first-order valence-electron chi connectivity index (χ1n) is 4.05. The average Bonchev–Trinajstić information content (AvgIpc) is 2.00. The molecular formula is C10H14FO+. The molecule has 0 aliphatic heterocycles. The van der Waals surface area contributed by atoms with Crippen molar-refractivity contribution < 1.29 is 9.50 Å². The molecule has 0 saturated carbocycles. The van der Waals surface area contributed by atoms with Crippen LogP contribution in [0.2, 0.25) is 0 Å². The van der Waals surface area contributed by atoms with Crippen LogP contribution in [0, 0.1) is 18.8 Å². The van der Waals surface area contributed by atoms with Crippen LogP contribution in [-0.2, 0) is 0 Å². The number of hydrogen-bond acceptors (Lipinski definition) is 1. The van der Waals surface area contributed by atoms with Crippen LogP contribution in [0.5, 0.6) is 0 Å². The Labute approximate surface area is 72.6 Å². The van der Waals surface area contributed by atoms with Gasteiger partial charge in [0, 0.05) is 25.3 Å². The first-order chi connectivity index (χ1) is 5.54. The lowest BCUT2D eigenvalue weighted by atomic mass is 9.79. The van der Waals surface area contributed by atoms with Gasteiger partial charge in [-0.1, -0.05) is 19.1 Å². The number of halogens is 1. The van der Waals surface area contributed by atoms with E-state index in [1.807, 2.05) is 0 Å². The Bertz CT molecular complexity index is 210. The fourth-order valence-corrected chi connectivity index (χ4v) is 1.53. The van der Waals surface area contributed by atoms with Gasteiger partial charge in [0.1, 0.15) is 17.8 Å². The molecule has 4 unspecified atom stereocenters. The lowest BCUT2D eigenvalue weighted by Gasteiger charge is -2.28. The van der Waals surface area contributed by atoms with Gasteiger partial charge < -0.3 is 5.11 Å². The van der Waals surface area contributed by atoms with Gasteiger partial charge in [-0.25, -0.2) is 4.39 Å². The van der Waals surface area contributed by atoms with Crippen LogP contribution in [-0.4, -0.2) is 17.4 Å². The predicted molar refractivity (Wildman–Crippen MR) is 47.2 cm³/mol. The van der Waals surface area contributed by atoms with E-state index in [0.29, 0.717) is 5.57 Å². The van der Waals surface area contributed by atoms with E-state index in [4.69, 9.17) is 5.11 Å². The smallest absolute Gasteiger partial charge is 0.133 e. The molecule has 0 bridgehead atoms. The van der Waals surface area contributed by atoms with E-state index >= 15 is 0 Å². The number of allylic oxidation sites excluding steroid dienone is 2. The molecule has 4 atom stereocenters. The van der Waals surface area contributed by atoms with Gasteiger partial charge in [-0.3, -0.25) is 0 Å². The van der Waals surface area contributed by atoms with Crippen LogP contribution in [0.1, 0.15) is 6.92 Å². The van der Waals surface area contributed by atoms with E-state index in [1.165, 1.54) is 6.08 Å². The Morgan fingerprint density at radius 3 is 2.67 bits per heavy atom. The summed E-state index contributed by atoms with van der Waals surface area (Å²) in [6, 6.07) is 0. The monoisotopic (exact) mass is 169 g/mol. The summed E-state index contributed by atoms with van der Waals surface area (Å²) in [5.74, 6) is -0.265. The van der Waals surface area contributed by atoms with E-state index < -0.39 is 12.3 Å². The molecule has 12 heavy (non-hydrogen) atoms. The second kappa shape index (κ2) is 3.31. The molecule has 0 aromatic rings. The molecule has 0 aromatic carbocycles. The number of rotatable bonds is 1. The van der Waals surface area contributed by atoms with Crippen LogP contribution in [0.4, 0.5) is 4.39 Å². The lowest BCUT2D eigenvalue weighted by molar-refractivity contribution is 0.0609. The van der Waals surface area contributed by atoms with Crippen molar-refractivity contribution in [1.82, 2.24) is 0 Å². The SMILES string of the molecule is C=C([CH2+])C1C=CC(O)C(F)C1C. The second-order valence-corrected chi connectivity index (χ2v) is 3.36. The number of aliphatic hydroxyl groups is 1. The molecule has 1 nitrogen and oxygen atoms in total. The topological polar surface area (TPSA) is 20.2 Å². The molecule has 0 amide bonds. The van der Waals surface area contributed by atoms with Gasteiger partial charge in [-0.05, 0) is 0 Å². The van der Waals surface area contributed by atoms with Gasteiger partial charge in [-0.15, -0.1) is 0 Å². The fraction of sp³-hybridized carbons (Fsp3) is 0.500. The third-order valence-electron chi connectivity index (χ3n) is 2.38. The van der Waals surface area contributed by atoms with Gasteiger partial charge in [-0.2, -0.15) is 0 Å². The maximum Gasteiger partial charge on any atom is 0.133 e. The Morgan fingerprint density at radius 1 is 1.58 bits per heavy atom. The van der Waals surface area contributed by atoms with Gasteiger partial charge >= 0.3 is 0 Å². The summed E-state index contributed by atoms with van der Waals surface area (Å²) in [7, 11) is 0. The Morgan fingerprint density at radius 2 is 2.17 bits per heavy atom. The van der Waals surface area contributed by atoms with Crippen LogP contribution in [0.15, 0.2) is 24.3 Å². The molecule has 66 valence electrons. The third kappa shape index (κ3) is 1.53. The third-order valence-corrected chi connectivity index (χ3v) is 2.38. The van der Waals surface area contributed by atoms with Gasteiger partial charge in [0.2, 0.25) is 0 Å². The minimum atomic E-state index is -1.20. The van der Waals surface area contributed by atoms with Crippen molar-refractivity contribution >= 4 is 0 Å². The highest BCUT2D eigenvalue weighted by atomic mass is 19.1. The van der Waals surface area contributed by atoms with E-state index in [9.17, 15) is 4.39 Å². The molecule has 0 aromatic heterocycles. The second-order valence-electron chi connectivity index (χ2n) is 3.36. The molecule has 0 radical (unpaired) electrons. The molecular weight excluding hydrogens is 155 g/mol. The van der Waals surface area contributed by atoms with Gasteiger partial charge in [0.25, 0.3) is 0 Å². The number of alkyl halides is 1. The quantitative estimate of drug-likeness (QED) is 0.469. The summed E-state index contributed by atoms with van der Waals surface area (Å²) in [5.41, 5.74) is 0.702. The van der Waals surface area contributed by atoms with Crippen LogP contribution in [0.25, 0.3) is 0 Å². The summed E-state index contributed by atoms with van der Waals surface area (Å²) >= 11 is 0. The molecule has 1 rings (SSSR count). The highest BCUT2D eigenvalue weighted by Crippen LogP contribution is 2.31. The van der Waals surface area contributed by atoms with Crippen molar-refractivity contribution in [2.75, 3.05) is 0 Å². The first-order valence-corrected chi connectivity index (χ1v) is 4.05. The lowest BCUT2D eigenvalue weighted by Crippen LogP contribution is -2.34. The summed E-state index contributed by atoms with van der Waals surface area (Å²) < 4.78 is 13.2. The minimum Gasteiger partial charge on any atom is -0.386 e. The van der Waals surface area contributed by atoms with Crippen molar-refractivity contribution in [1.29, 1.82) is 0 Å². The van der Waals surface area contributed by atoms with E-state index in [1.54, 1.807) is 13.0 Å². The highest BCUT2D eigenvalue weighted by molar-refractivity contribution is 5.19. The fourth-order valence-electron chi connectivity index (χ4n) is 1.53. The minimum absolute atomic E-state index is 0.0385. The van der Waals surface area contributed by atoms with Crippen molar-refractivity contribution in [2.24, 2.45) is 11.8 Å². The van der Waals surface area contributed by atoms with Crippen molar-refractivity contribution in [3.63, 3.8) is 0 Å². The standard InChI is InChI=1S/C10H14FO/c1-6(2)8-4-5-9(12)10(11)7(8)3/h4-5,7-10,12H,1-2H2,3H3/q+1. The summed E-state index contributed by atoms with van der Waals surface area (Å²) in [4.78, 5) is 0. The summed E-state index contributed by atoms with van der Waals surface area (Å²) in [6.45, 7) is 9.12. The van der Waals surface area contributed by atoms with Crippen LogP contribution < -0.4 is 0 Å². The van der Waals surface area contributed by atoms with Crippen molar-refractivity contribution in [2.45, 2.75) is 19.2 Å². The zero-order valence-electron chi connectivity index (χ0n) is 7.20. The van der Waals surface area contributed by atoms with Crippen molar-refractivity contribution in [3.05, 3.63) is 31.2 Å².